The van der Waals surface area contributed by atoms with E-state index in [0.717, 1.165) is 36.3 Å². The molecule has 1 fully saturated rings. The first-order valence-corrected chi connectivity index (χ1v) is 8.35. The van der Waals surface area contributed by atoms with Gasteiger partial charge < -0.3 is 10.2 Å². The lowest BCUT2D eigenvalue weighted by Gasteiger charge is -2.24. The first-order chi connectivity index (χ1) is 9.99. The summed E-state index contributed by atoms with van der Waals surface area (Å²) < 4.78 is 0. The third kappa shape index (κ3) is 4.30. The number of rotatable bonds is 6. The summed E-state index contributed by atoms with van der Waals surface area (Å²) in [6.07, 6.45) is 5.43. The second-order valence-electron chi connectivity index (χ2n) is 6.35. The molecule has 0 bridgehead atoms. The van der Waals surface area contributed by atoms with Crippen molar-refractivity contribution >= 4 is 17.4 Å². The third-order valence-electron chi connectivity index (χ3n) is 4.33. The Morgan fingerprint density at radius 3 is 2.57 bits per heavy atom. The largest absolute Gasteiger partial charge is 0.368 e. The number of halogens is 1. The molecule has 0 aliphatic heterocycles. The first kappa shape index (κ1) is 16.5. The van der Waals surface area contributed by atoms with Gasteiger partial charge in [0.25, 0.3) is 0 Å². The Labute approximate surface area is 133 Å². The minimum atomic E-state index is 0.282. The number of likely N-dealkylation sites (N-methyl/N-ethyl adjacent to an activating group) is 1. The van der Waals surface area contributed by atoms with Gasteiger partial charge in [-0.25, -0.2) is 9.97 Å². The summed E-state index contributed by atoms with van der Waals surface area (Å²) in [6.45, 7) is 8.05. The van der Waals surface area contributed by atoms with Crippen LogP contribution >= 0.6 is 11.6 Å². The highest BCUT2D eigenvalue weighted by molar-refractivity contribution is 6.30. The van der Waals surface area contributed by atoms with Gasteiger partial charge in [0.1, 0.15) is 16.8 Å². The number of nitrogens with one attached hydrogen (secondary N) is 1. The average Bonchev–Trinajstić information content (AvgIpc) is 2.97. The van der Waals surface area contributed by atoms with Crippen molar-refractivity contribution in [2.75, 3.05) is 25.5 Å². The minimum Gasteiger partial charge on any atom is -0.368 e. The molecule has 21 heavy (non-hydrogen) atoms. The smallest absolute Gasteiger partial charge is 0.137 e. The van der Waals surface area contributed by atoms with Gasteiger partial charge in [-0.1, -0.05) is 38.3 Å². The molecule has 0 saturated heterocycles. The molecule has 118 valence electrons. The van der Waals surface area contributed by atoms with E-state index in [1.807, 2.05) is 6.92 Å². The van der Waals surface area contributed by atoms with Crippen molar-refractivity contribution in [3.8, 4) is 0 Å². The molecule has 5 heteroatoms. The van der Waals surface area contributed by atoms with E-state index in [0.29, 0.717) is 5.15 Å². The Morgan fingerprint density at radius 1 is 1.29 bits per heavy atom. The molecule has 1 saturated carbocycles. The number of aromatic nitrogens is 2. The van der Waals surface area contributed by atoms with E-state index < -0.39 is 0 Å². The van der Waals surface area contributed by atoms with Crippen molar-refractivity contribution in [1.82, 2.24) is 14.9 Å². The number of hydrogen-bond acceptors (Lipinski definition) is 4. The zero-order valence-corrected chi connectivity index (χ0v) is 14.4. The minimum absolute atomic E-state index is 0.282. The quantitative estimate of drug-likeness (QED) is 0.810. The van der Waals surface area contributed by atoms with E-state index in [1.165, 1.54) is 25.7 Å². The van der Waals surface area contributed by atoms with Crippen molar-refractivity contribution in [2.45, 2.75) is 58.4 Å². The van der Waals surface area contributed by atoms with Crippen LogP contribution in [-0.4, -0.2) is 41.0 Å². The Bertz CT molecular complexity index is 470. The number of nitrogens with zero attached hydrogens (tertiary/aromatic N) is 3. The molecule has 0 aromatic carbocycles. The maximum Gasteiger partial charge on any atom is 0.137 e. The van der Waals surface area contributed by atoms with Gasteiger partial charge in [-0.3, -0.25) is 0 Å². The fourth-order valence-corrected chi connectivity index (χ4v) is 2.99. The van der Waals surface area contributed by atoms with Crippen LogP contribution in [0, 0.1) is 6.92 Å². The Balaban J connectivity index is 1.93. The maximum absolute atomic E-state index is 6.21. The van der Waals surface area contributed by atoms with Gasteiger partial charge in [0, 0.05) is 30.6 Å². The molecule has 1 N–H and O–H groups in total. The van der Waals surface area contributed by atoms with E-state index >= 15 is 0 Å². The molecule has 0 spiro atoms. The highest BCUT2D eigenvalue weighted by Crippen LogP contribution is 2.24. The van der Waals surface area contributed by atoms with Crippen LogP contribution in [0.15, 0.2) is 0 Å². The second kappa shape index (κ2) is 7.41. The van der Waals surface area contributed by atoms with Crippen LogP contribution in [0.3, 0.4) is 0 Å². The molecule has 1 aliphatic carbocycles. The number of anilines is 1. The highest BCUT2D eigenvalue weighted by Gasteiger charge is 2.19. The van der Waals surface area contributed by atoms with Gasteiger partial charge in [-0.15, -0.1) is 0 Å². The van der Waals surface area contributed by atoms with E-state index in [9.17, 15) is 0 Å². The molecule has 4 nitrogen and oxygen atoms in total. The van der Waals surface area contributed by atoms with Crippen molar-refractivity contribution < 1.29 is 0 Å². The van der Waals surface area contributed by atoms with Gasteiger partial charge in [-0.05, 0) is 26.8 Å². The van der Waals surface area contributed by atoms with Crippen LogP contribution in [0.1, 0.15) is 56.8 Å². The van der Waals surface area contributed by atoms with Crippen molar-refractivity contribution in [1.29, 1.82) is 0 Å². The normalized spacial score (nSPS) is 16.1. The third-order valence-corrected chi connectivity index (χ3v) is 4.69. The molecule has 1 aromatic rings. The van der Waals surface area contributed by atoms with Gasteiger partial charge >= 0.3 is 0 Å². The van der Waals surface area contributed by atoms with Crippen LogP contribution in [0.2, 0.25) is 5.15 Å². The predicted molar refractivity (Wildman–Crippen MR) is 89.2 cm³/mol. The highest BCUT2D eigenvalue weighted by atomic mass is 35.5. The lowest BCUT2D eigenvalue weighted by Crippen LogP contribution is -2.33. The second-order valence-corrected chi connectivity index (χ2v) is 6.70. The molecule has 2 rings (SSSR count). The first-order valence-electron chi connectivity index (χ1n) is 7.97. The molecule has 1 aromatic heterocycles. The molecule has 0 atom stereocenters. The Morgan fingerprint density at radius 2 is 1.95 bits per heavy atom. The van der Waals surface area contributed by atoms with E-state index in [4.69, 9.17) is 11.6 Å². The SMILES string of the molecule is Cc1c(Cl)nc(C(C)C)nc1NCCN(C)C1CCCC1. The molecular formula is C16H27ClN4. The van der Waals surface area contributed by atoms with Gasteiger partial charge in [0.15, 0.2) is 0 Å². The molecular weight excluding hydrogens is 284 g/mol. The van der Waals surface area contributed by atoms with Crippen LogP contribution in [0.25, 0.3) is 0 Å². The summed E-state index contributed by atoms with van der Waals surface area (Å²) in [6, 6.07) is 0.758. The van der Waals surface area contributed by atoms with E-state index in [1.54, 1.807) is 0 Å². The summed E-state index contributed by atoms with van der Waals surface area (Å²) in [5, 5.41) is 3.98. The van der Waals surface area contributed by atoms with E-state index in [2.05, 4.69) is 41.1 Å². The molecule has 1 heterocycles. The predicted octanol–water partition coefficient (Wildman–Crippen LogP) is 3.85. The van der Waals surface area contributed by atoms with Gasteiger partial charge in [-0.2, -0.15) is 0 Å². The van der Waals surface area contributed by atoms with Crippen molar-refractivity contribution in [3.63, 3.8) is 0 Å². The van der Waals surface area contributed by atoms with Gasteiger partial charge in [0.05, 0.1) is 0 Å². The molecule has 0 radical (unpaired) electrons. The summed E-state index contributed by atoms with van der Waals surface area (Å²) in [5.74, 6) is 1.96. The fourth-order valence-electron chi connectivity index (χ4n) is 2.81. The summed E-state index contributed by atoms with van der Waals surface area (Å²) in [7, 11) is 2.22. The van der Waals surface area contributed by atoms with Crippen LogP contribution < -0.4 is 5.32 Å². The molecule has 0 unspecified atom stereocenters. The van der Waals surface area contributed by atoms with Crippen molar-refractivity contribution in [3.05, 3.63) is 16.5 Å². The monoisotopic (exact) mass is 310 g/mol. The standard InChI is InChI=1S/C16H27ClN4/c1-11(2)15-19-14(17)12(3)16(20-15)18-9-10-21(4)13-7-5-6-8-13/h11,13H,5-10H2,1-4H3,(H,18,19,20). The van der Waals surface area contributed by atoms with E-state index in [-0.39, 0.29) is 5.92 Å². The average molecular weight is 311 g/mol. The van der Waals surface area contributed by atoms with Crippen LogP contribution in [0.5, 0.6) is 0 Å². The summed E-state index contributed by atoms with van der Waals surface area (Å²) >= 11 is 6.21. The maximum atomic E-state index is 6.21. The topological polar surface area (TPSA) is 41.1 Å². The molecule has 0 amide bonds. The Hall–Kier alpha value is -0.870. The fraction of sp³-hybridized carbons (Fsp3) is 0.750. The summed E-state index contributed by atoms with van der Waals surface area (Å²) in [5.41, 5.74) is 0.935. The van der Waals surface area contributed by atoms with Crippen LogP contribution in [-0.2, 0) is 0 Å². The number of hydrogen-bond donors (Lipinski definition) is 1. The zero-order valence-electron chi connectivity index (χ0n) is 13.6. The zero-order chi connectivity index (χ0) is 15.4. The lowest BCUT2D eigenvalue weighted by molar-refractivity contribution is 0.254. The lowest BCUT2D eigenvalue weighted by atomic mass is 10.2. The van der Waals surface area contributed by atoms with Crippen molar-refractivity contribution in [2.24, 2.45) is 0 Å². The molecule has 1 aliphatic rings. The Kier molecular flexibility index (Phi) is 5.82. The van der Waals surface area contributed by atoms with Gasteiger partial charge in [0.2, 0.25) is 0 Å². The summed E-state index contributed by atoms with van der Waals surface area (Å²) in [4.78, 5) is 11.4. The van der Waals surface area contributed by atoms with Crippen LogP contribution in [0.4, 0.5) is 5.82 Å².